The summed E-state index contributed by atoms with van der Waals surface area (Å²) < 4.78 is 57.0. The van der Waals surface area contributed by atoms with Crippen LogP contribution in [0.3, 0.4) is 0 Å². The Morgan fingerprint density at radius 1 is 1.00 bits per heavy atom. The Bertz CT molecular complexity index is 992. The van der Waals surface area contributed by atoms with Crippen LogP contribution in [0.4, 0.5) is 17.6 Å². The molecule has 26 heavy (non-hydrogen) atoms. The maximum absolute atomic E-state index is 13.0. The van der Waals surface area contributed by atoms with E-state index in [1.807, 2.05) is 6.07 Å². The standard InChI is InChI=1S/C20H11F4NO/c21-17-6-4-13(5-7-17)15(12-25)11-18-8-9-19(26-18)14-2-1-3-16(10-14)20(22,23)24/h1-11H/b15-11+. The maximum atomic E-state index is 13.0. The predicted molar refractivity (Wildman–Crippen MR) is 89.0 cm³/mol. The highest BCUT2D eigenvalue weighted by Crippen LogP contribution is 2.33. The first-order valence-corrected chi connectivity index (χ1v) is 7.52. The summed E-state index contributed by atoms with van der Waals surface area (Å²) >= 11 is 0. The highest BCUT2D eigenvalue weighted by Gasteiger charge is 2.30. The number of alkyl halides is 3. The van der Waals surface area contributed by atoms with Crippen LogP contribution in [0, 0.1) is 17.1 Å². The molecule has 0 unspecified atom stereocenters. The van der Waals surface area contributed by atoms with Crippen LogP contribution >= 0.6 is 0 Å². The Labute approximate surface area is 146 Å². The summed E-state index contributed by atoms with van der Waals surface area (Å²) in [6.45, 7) is 0. The maximum Gasteiger partial charge on any atom is 0.416 e. The molecule has 1 heterocycles. The lowest BCUT2D eigenvalue weighted by molar-refractivity contribution is -0.137. The van der Waals surface area contributed by atoms with Gasteiger partial charge in [0.05, 0.1) is 17.2 Å². The molecule has 6 heteroatoms. The minimum absolute atomic E-state index is 0.245. The molecule has 0 aliphatic carbocycles. The second kappa shape index (κ2) is 6.89. The Hall–Kier alpha value is -3.33. The van der Waals surface area contributed by atoms with Gasteiger partial charge in [-0.3, -0.25) is 0 Å². The lowest BCUT2D eigenvalue weighted by atomic mass is 10.1. The number of nitrogens with zero attached hydrogens (tertiary/aromatic N) is 1. The van der Waals surface area contributed by atoms with Gasteiger partial charge in [0.2, 0.25) is 0 Å². The summed E-state index contributed by atoms with van der Waals surface area (Å²) in [6, 6.07) is 15.2. The summed E-state index contributed by atoms with van der Waals surface area (Å²) in [4.78, 5) is 0. The summed E-state index contributed by atoms with van der Waals surface area (Å²) in [5.41, 5.74) is 0.258. The van der Waals surface area contributed by atoms with Gasteiger partial charge in [0.15, 0.2) is 0 Å². The molecule has 3 aromatic rings. The van der Waals surface area contributed by atoms with E-state index in [2.05, 4.69) is 0 Å². The minimum Gasteiger partial charge on any atom is -0.457 e. The number of nitriles is 1. The van der Waals surface area contributed by atoms with Gasteiger partial charge < -0.3 is 4.42 Å². The molecular weight excluding hydrogens is 346 g/mol. The number of hydrogen-bond donors (Lipinski definition) is 0. The van der Waals surface area contributed by atoms with E-state index in [0.29, 0.717) is 11.3 Å². The summed E-state index contributed by atoms with van der Waals surface area (Å²) in [6.07, 6.45) is -2.99. The molecule has 3 rings (SSSR count). The second-order valence-electron chi connectivity index (χ2n) is 5.46. The third-order valence-corrected chi connectivity index (χ3v) is 3.66. The number of hydrogen-bond acceptors (Lipinski definition) is 2. The van der Waals surface area contributed by atoms with Crippen molar-refractivity contribution in [3.05, 3.63) is 83.4 Å². The molecule has 0 atom stereocenters. The molecule has 0 saturated heterocycles. The molecule has 0 N–H and O–H groups in total. The Kier molecular flexibility index (Phi) is 4.63. The number of rotatable bonds is 3. The lowest BCUT2D eigenvalue weighted by Gasteiger charge is -2.07. The molecule has 0 aliphatic rings. The Morgan fingerprint density at radius 2 is 1.73 bits per heavy atom. The van der Waals surface area contributed by atoms with Gasteiger partial charge in [-0.05, 0) is 48.0 Å². The van der Waals surface area contributed by atoms with Crippen LogP contribution in [0.5, 0.6) is 0 Å². The predicted octanol–water partition coefficient (Wildman–Crippen LogP) is 6.17. The first kappa shape index (κ1) is 17.5. The number of allylic oxidation sites excluding steroid dienone is 1. The van der Waals surface area contributed by atoms with Crippen molar-refractivity contribution in [2.75, 3.05) is 0 Å². The van der Waals surface area contributed by atoms with E-state index in [9.17, 15) is 22.8 Å². The van der Waals surface area contributed by atoms with Crippen molar-refractivity contribution in [3.63, 3.8) is 0 Å². The van der Waals surface area contributed by atoms with Crippen molar-refractivity contribution in [3.8, 4) is 17.4 Å². The Balaban J connectivity index is 1.92. The lowest BCUT2D eigenvalue weighted by Crippen LogP contribution is -2.04. The normalized spacial score (nSPS) is 12.0. The first-order valence-electron chi connectivity index (χ1n) is 7.52. The van der Waals surface area contributed by atoms with Crippen molar-refractivity contribution in [1.29, 1.82) is 5.26 Å². The number of halogens is 4. The van der Waals surface area contributed by atoms with E-state index in [4.69, 9.17) is 4.42 Å². The van der Waals surface area contributed by atoms with Crippen LogP contribution in [0.1, 0.15) is 16.9 Å². The second-order valence-corrected chi connectivity index (χ2v) is 5.46. The molecular formula is C20H11F4NO. The van der Waals surface area contributed by atoms with Gasteiger partial charge in [-0.25, -0.2) is 4.39 Å². The zero-order valence-corrected chi connectivity index (χ0v) is 13.2. The molecule has 0 aliphatic heterocycles. The van der Waals surface area contributed by atoms with Crippen molar-refractivity contribution in [2.24, 2.45) is 0 Å². The average molecular weight is 357 g/mol. The van der Waals surface area contributed by atoms with Crippen molar-refractivity contribution in [1.82, 2.24) is 0 Å². The fraction of sp³-hybridized carbons (Fsp3) is 0.0500. The molecule has 2 aromatic carbocycles. The molecule has 0 radical (unpaired) electrons. The van der Waals surface area contributed by atoms with Gasteiger partial charge in [-0.1, -0.05) is 24.3 Å². The van der Waals surface area contributed by atoms with Gasteiger partial charge in [0, 0.05) is 5.56 Å². The first-order chi connectivity index (χ1) is 12.4. The Morgan fingerprint density at radius 3 is 2.38 bits per heavy atom. The van der Waals surface area contributed by atoms with E-state index >= 15 is 0 Å². The molecule has 2 nitrogen and oxygen atoms in total. The van der Waals surface area contributed by atoms with Crippen LogP contribution < -0.4 is 0 Å². The van der Waals surface area contributed by atoms with Gasteiger partial charge in [-0.2, -0.15) is 18.4 Å². The van der Waals surface area contributed by atoms with Gasteiger partial charge in [0.1, 0.15) is 17.3 Å². The third-order valence-electron chi connectivity index (χ3n) is 3.66. The van der Waals surface area contributed by atoms with Crippen LogP contribution in [0.25, 0.3) is 23.0 Å². The quantitative estimate of drug-likeness (QED) is 0.415. The van der Waals surface area contributed by atoms with Crippen LogP contribution in [-0.2, 0) is 6.18 Å². The fourth-order valence-corrected chi connectivity index (χ4v) is 2.39. The van der Waals surface area contributed by atoms with Gasteiger partial charge in [-0.15, -0.1) is 0 Å². The highest BCUT2D eigenvalue weighted by molar-refractivity contribution is 5.88. The zero-order chi connectivity index (χ0) is 18.7. The summed E-state index contributed by atoms with van der Waals surface area (Å²) in [5.74, 6) is 0.132. The SMILES string of the molecule is N#C/C(=C\c1ccc(-c2cccc(C(F)(F)F)c2)o1)c1ccc(F)cc1. The van der Waals surface area contributed by atoms with E-state index in [1.54, 1.807) is 6.07 Å². The highest BCUT2D eigenvalue weighted by atomic mass is 19.4. The van der Waals surface area contributed by atoms with E-state index in [-0.39, 0.29) is 16.9 Å². The van der Waals surface area contributed by atoms with Crippen LogP contribution in [0.2, 0.25) is 0 Å². The number of furan rings is 1. The number of benzene rings is 2. The van der Waals surface area contributed by atoms with Crippen molar-refractivity contribution in [2.45, 2.75) is 6.18 Å². The molecule has 0 bridgehead atoms. The van der Waals surface area contributed by atoms with E-state index in [1.165, 1.54) is 48.5 Å². The molecule has 0 fully saturated rings. The smallest absolute Gasteiger partial charge is 0.416 e. The molecule has 0 amide bonds. The van der Waals surface area contributed by atoms with Gasteiger partial charge >= 0.3 is 6.18 Å². The fourth-order valence-electron chi connectivity index (χ4n) is 2.39. The van der Waals surface area contributed by atoms with Crippen LogP contribution in [0.15, 0.2) is 65.1 Å². The summed E-state index contributed by atoms with van der Waals surface area (Å²) in [5, 5.41) is 9.28. The monoisotopic (exact) mass is 357 g/mol. The zero-order valence-electron chi connectivity index (χ0n) is 13.2. The topological polar surface area (TPSA) is 36.9 Å². The molecule has 130 valence electrons. The third kappa shape index (κ3) is 3.83. The molecule has 0 spiro atoms. The largest absolute Gasteiger partial charge is 0.457 e. The summed E-state index contributed by atoms with van der Waals surface area (Å²) in [7, 11) is 0. The van der Waals surface area contributed by atoms with Gasteiger partial charge in [0.25, 0.3) is 0 Å². The molecule has 0 saturated carbocycles. The molecule has 1 aromatic heterocycles. The average Bonchev–Trinajstić information content (AvgIpc) is 3.09. The van der Waals surface area contributed by atoms with E-state index < -0.39 is 17.6 Å². The van der Waals surface area contributed by atoms with Crippen molar-refractivity contribution >= 4 is 11.6 Å². The van der Waals surface area contributed by atoms with Crippen LogP contribution in [-0.4, -0.2) is 0 Å². The van der Waals surface area contributed by atoms with E-state index in [0.717, 1.165) is 12.1 Å². The van der Waals surface area contributed by atoms with Crippen molar-refractivity contribution < 1.29 is 22.0 Å². The minimum atomic E-state index is -4.44.